The lowest BCUT2D eigenvalue weighted by Gasteiger charge is -2.32. The third-order valence-electron chi connectivity index (χ3n) is 3.81. The zero-order chi connectivity index (χ0) is 16.1. The van der Waals surface area contributed by atoms with E-state index in [9.17, 15) is 4.79 Å². The average molecular weight is 306 g/mol. The molecule has 1 atom stereocenters. The van der Waals surface area contributed by atoms with Crippen molar-refractivity contribution in [2.45, 2.75) is 40.2 Å². The van der Waals surface area contributed by atoms with Gasteiger partial charge in [0.25, 0.3) is 0 Å². The lowest BCUT2D eigenvalue weighted by Crippen LogP contribution is -2.50. The number of aromatic nitrogens is 2. The Morgan fingerprint density at radius 1 is 1.36 bits per heavy atom. The van der Waals surface area contributed by atoms with Crippen molar-refractivity contribution < 1.29 is 9.53 Å². The molecule has 0 spiro atoms. The summed E-state index contributed by atoms with van der Waals surface area (Å²) in [5.74, 6) is 1.75. The molecule has 1 aromatic rings. The van der Waals surface area contributed by atoms with E-state index in [-0.39, 0.29) is 17.9 Å². The number of hydrogen-bond donors (Lipinski definition) is 1. The maximum absolute atomic E-state index is 12.7. The van der Waals surface area contributed by atoms with Crippen LogP contribution in [0, 0.1) is 12.8 Å². The van der Waals surface area contributed by atoms with Crippen molar-refractivity contribution in [3.05, 3.63) is 17.6 Å². The highest BCUT2D eigenvalue weighted by atomic mass is 16.5. The van der Waals surface area contributed by atoms with Gasteiger partial charge in [-0.1, -0.05) is 20.8 Å². The fraction of sp³-hybridized carbons (Fsp3) is 0.688. The molecular formula is C16H26N4O2. The van der Waals surface area contributed by atoms with Gasteiger partial charge in [-0.05, 0) is 19.3 Å². The fourth-order valence-electron chi connectivity index (χ4n) is 2.54. The molecule has 1 fully saturated rings. The smallest absolute Gasteiger partial charge is 0.245 e. The Morgan fingerprint density at radius 3 is 2.64 bits per heavy atom. The number of hydrogen-bond acceptors (Lipinski definition) is 5. The summed E-state index contributed by atoms with van der Waals surface area (Å²) in [5.41, 5.74) is 0.983. The second-order valence-electron chi connectivity index (χ2n) is 5.95. The second kappa shape index (κ2) is 7.54. The number of ether oxygens (including phenoxy) is 1. The van der Waals surface area contributed by atoms with Crippen molar-refractivity contribution in [2.75, 3.05) is 31.6 Å². The highest BCUT2D eigenvalue weighted by molar-refractivity contribution is 5.84. The van der Waals surface area contributed by atoms with Crippen LogP contribution >= 0.6 is 0 Å². The summed E-state index contributed by atoms with van der Waals surface area (Å²) in [7, 11) is 0. The summed E-state index contributed by atoms with van der Waals surface area (Å²) in [5, 5.41) is 3.31. The number of rotatable bonds is 5. The molecule has 1 amide bonds. The van der Waals surface area contributed by atoms with E-state index in [4.69, 9.17) is 4.74 Å². The number of amides is 1. The Balaban J connectivity index is 2.14. The van der Waals surface area contributed by atoms with Gasteiger partial charge in [0.2, 0.25) is 5.91 Å². The van der Waals surface area contributed by atoms with Crippen molar-refractivity contribution >= 4 is 11.7 Å². The van der Waals surface area contributed by atoms with Crippen LogP contribution in [0.3, 0.4) is 0 Å². The Kier molecular flexibility index (Phi) is 5.71. The molecular weight excluding hydrogens is 280 g/mol. The molecule has 1 aromatic heterocycles. The van der Waals surface area contributed by atoms with E-state index >= 15 is 0 Å². The molecule has 0 bridgehead atoms. The number of carbonyl (C=O) groups is 1. The summed E-state index contributed by atoms with van der Waals surface area (Å²) < 4.78 is 5.32. The number of nitrogens with one attached hydrogen (secondary N) is 1. The van der Waals surface area contributed by atoms with Gasteiger partial charge in [0.15, 0.2) is 0 Å². The van der Waals surface area contributed by atoms with Gasteiger partial charge in [-0.3, -0.25) is 4.79 Å². The Bertz CT molecular complexity index is 513. The topological polar surface area (TPSA) is 67.4 Å². The third-order valence-corrected chi connectivity index (χ3v) is 3.81. The maximum Gasteiger partial charge on any atom is 0.245 e. The van der Waals surface area contributed by atoms with Gasteiger partial charge in [0, 0.05) is 24.8 Å². The molecule has 1 saturated heterocycles. The molecule has 2 heterocycles. The van der Waals surface area contributed by atoms with Gasteiger partial charge >= 0.3 is 0 Å². The lowest BCUT2D eigenvalue weighted by atomic mass is 10.0. The summed E-state index contributed by atoms with van der Waals surface area (Å²) >= 11 is 0. The number of anilines is 1. The van der Waals surface area contributed by atoms with E-state index in [1.54, 1.807) is 0 Å². The Hall–Kier alpha value is -1.69. The molecule has 0 radical (unpaired) electrons. The van der Waals surface area contributed by atoms with Crippen LogP contribution in [0.1, 0.15) is 32.3 Å². The first kappa shape index (κ1) is 16.7. The zero-order valence-corrected chi connectivity index (χ0v) is 13.9. The van der Waals surface area contributed by atoms with E-state index in [1.807, 2.05) is 31.7 Å². The van der Waals surface area contributed by atoms with Crippen LogP contribution in [0.15, 0.2) is 6.07 Å². The lowest BCUT2D eigenvalue weighted by molar-refractivity contribution is -0.137. The summed E-state index contributed by atoms with van der Waals surface area (Å²) in [6, 6.07) is 1.65. The highest BCUT2D eigenvalue weighted by Gasteiger charge is 2.28. The van der Waals surface area contributed by atoms with E-state index in [0.29, 0.717) is 26.3 Å². The van der Waals surface area contributed by atoms with Crippen molar-refractivity contribution in [1.29, 1.82) is 0 Å². The van der Waals surface area contributed by atoms with Crippen LogP contribution in [0.2, 0.25) is 0 Å². The number of aryl methyl sites for hydroxylation is 2. The molecule has 6 heteroatoms. The van der Waals surface area contributed by atoms with Gasteiger partial charge in [0.05, 0.1) is 13.2 Å². The molecule has 0 saturated carbocycles. The highest BCUT2D eigenvalue weighted by Crippen LogP contribution is 2.15. The van der Waals surface area contributed by atoms with Crippen LogP contribution < -0.4 is 5.32 Å². The van der Waals surface area contributed by atoms with Crippen LogP contribution in [-0.2, 0) is 16.0 Å². The third kappa shape index (κ3) is 4.16. The fourth-order valence-corrected chi connectivity index (χ4v) is 2.54. The van der Waals surface area contributed by atoms with Crippen LogP contribution in [-0.4, -0.2) is 53.1 Å². The minimum absolute atomic E-state index is 0.118. The monoisotopic (exact) mass is 306 g/mol. The van der Waals surface area contributed by atoms with Crippen LogP contribution in [0.4, 0.5) is 5.82 Å². The summed E-state index contributed by atoms with van der Waals surface area (Å²) in [6.45, 7) is 10.6. The van der Waals surface area contributed by atoms with E-state index < -0.39 is 0 Å². The molecule has 0 aliphatic carbocycles. The minimum atomic E-state index is -0.280. The SMILES string of the molecule is CCc1cc(NC(C(=O)N2CCOCC2)C(C)C)nc(C)n1. The van der Waals surface area contributed by atoms with Gasteiger partial charge in [0.1, 0.15) is 17.7 Å². The summed E-state index contributed by atoms with van der Waals surface area (Å²) in [4.78, 5) is 23.4. The van der Waals surface area contributed by atoms with Crippen molar-refractivity contribution in [1.82, 2.24) is 14.9 Å². The first-order chi connectivity index (χ1) is 10.5. The maximum atomic E-state index is 12.7. The molecule has 0 aromatic carbocycles. The van der Waals surface area contributed by atoms with E-state index in [0.717, 1.165) is 23.8 Å². The molecule has 6 nitrogen and oxygen atoms in total. The first-order valence-corrected chi connectivity index (χ1v) is 7.99. The largest absolute Gasteiger partial charge is 0.378 e. The minimum Gasteiger partial charge on any atom is -0.378 e. The van der Waals surface area contributed by atoms with Crippen LogP contribution in [0.5, 0.6) is 0 Å². The predicted octanol–water partition coefficient (Wildman–Crippen LogP) is 1.64. The van der Waals surface area contributed by atoms with E-state index in [2.05, 4.69) is 22.2 Å². The van der Waals surface area contributed by atoms with E-state index in [1.165, 1.54) is 0 Å². The average Bonchev–Trinajstić information content (AvgIpc) is 2.52. The molecule has 2 rings (SSSR count). The van der Waals surface area contributed by atoms with Gasteiger partial charge in [-0.2, -0.15) is 0 Å². The first-order valence-electron chi connectivity index (χ1n) is 7.99. The van der Waals surface area contributed by atoms with Gasteiger partial charge < -0.3 is 15.0 Å². The summed E-state index contributed by atoms with van der Waals surface area (Å²) in [6.07, 6.45) is 0.849. The molecule has 22 heavy (non-hydrogen) atoms. The Morgan fingerprint density at radius 2 is 2.05 bits per heavy atom. The molecule has 1 unspecified atom stereocenters. The molecule has 122 valence electrons. The standard InChI is InChI=1S/C16H26N4O2/c1-5-13-10-14(18-12(4)17-13)19-15(11(2)3)16(21)20-6-8-22-9-7-20/h10-11,15H,5-9H2,1-4H3,(H,17,18,19). The quantitative estimate of drug-likeness (QED) is 0.896. The Labute approximate surface area is 132 Å². The van der Waals surface area contributed by atoms with Gasteiger partial charge in [-0.15, -0.1) is 0 Å². The van der Waals surface area contributed by atoms with Gasteiger partial charge in [-0.25, -0.2) is 9.97 Å². The van der Waals surface area contributed by atoms with Crippen molar-refractivity contribution in [2.24, 2.45) is 5.92 Å². The normalized spacial score (nSPS) is 16.7. The molecule has 1 N–H and O–H groups in total. The van der Waals surface area contributed by atoms with Crippen molar-refractivity contribution in [3.8, 4) is 0 Å². The van der Waals surface area contributed by atoms with Crippen molar-refractivity contribution in [3.63, 3.8) is 0 Å². The predicted molar refractivity (Wildman–Crippen MR) is 85.8 cm³/mol. The number of morpholine rings is 1. The number of nitrogens with zero attached hydrogens (tertiary/aromatic N) is 3. The molecule has 1 aliphatic rings. The second-order valence-corrected chi connectivity index (χ2v) is 5.95. The van der Waals surface area contributed by atoms with Crippen LogP contribution in [0.25, 0.3) is 0 Å². The molecule has 1 aliphatic heterocycles. The zero-order valence-electron chi connectivity index (χ0n) is 13.9. The number of carbonyl (C=O) groups excluding carboxylic acids is 1.